The number of rotatable bonds is 9. The molecule has 1 amide bonds. The van der Waals surface area contributed by atoms with Crippen LogP contribution >= 0.6 is 0 Å². The summed E-state index contributed by atoms with van der Waals surface area (Å²) in [6, 6.07) is 0. The molecule has 0 aromatic carbocycles. The van der Waals surface area contributed by atoms with E-state index in [-0.39, 0.29) is 5.91 Å². The molecule has 3 nitrogen and oxygen atoms in total. The standard InChI is InChI=1S/C13H27NO2/c1-4-6-7-8-9-10-12(15)14-11-13(3,16)5-2/h16H,4-11H2,1-3H3,(H,14,15). The molecule has 0 rings (SSSR count). The zero-order valence-electron chi connectivity index (χ0n) is 11.0. The summed E-state index contributed by atoms with van der Waals surface area (Å²) in [5.41, 5.74) is -0.766. The summed E-state index contributed by atoms with van der Waals surface area (Å²) < 4.78 is 0. The van der Waals surface area contributed by atoms with E-state index in [1.54, 1.807) is 6.92 Å². The molecule has 3 heteroatoms. The van der Waals surface area contributed by atoms with Crippen molar-refractivity contribution < 1.29 is 9.90 Å². The van der Waals surface area contributed by atoms with Gasteiger partial charge < -0.3 is 10.4 Å². The van der Waals surface area contributed by atoms with Gasteiger partial charge in [-0.3, -0.25) is 4.79 Å². The molecule has 0 saturated carbocycles. The van der Waals surface area contributed by atoms with Gasteiger partial charge in [0.25, 0.3) is 0 Å². The molecule has 2 N–H and O–H groups in total. The highest BCUT2D eigenvalue weighted by Crippen LogP contribution is 2.07. The minimum atomic E-state index is -0.766. The zero-order valence-corrected chi connectivity index (χ0v) is 11.0. The molecule has 0 fully saturated rings. The van der Waals surface area contributed by atoms with E-state index in [4.69, 9.17) is 0 Å². The minimum absolute atomic E-state index is 0.0604. The number of carbonyl (C=O) groups excluding carboxylic acids is 1. The Morgan fingerprint density at radius 2 is 1.81 bits per heavy atom. The van der Waals surface area contributed by atoms with Gasteiger partial charge in [-0.1, -0.05) is 39.5 Å². The molecule has 0 spiro atoms. The van der Waals surface area contributed by atoms with E-state index in [2.05, 4.69) is 12.2 Å². The van der Waals surface area contributed by atoms with Crippen molar-refractivity contribution in [2.24, 2.45) is 0 Å². The van der Waals surface area contributed by atoms with Crippen molar-refractivity contribution >= 4 is 5.91 Å². The second-order valence-corrected chi connectivity index (χ2v) is 4.79. The van der Waals surface area contributed by atoms with Crippen LogP contribution in [0.4, 0.5) is 0 Å². The third-order valence-electron chi connectivity index (χ3n) is 2.94. The predicted octanol–water partition coefficient (Wildman–Crippen LogP) is 2.62. The predicted molar refractivity (Wildman–Crippen MR) is 67.3 cm³/mol. The first kappa shape index (κ1) is 15.4. The molecular weight excluding hydrogens is 202 g/mol. The molecule has 0 bridgehead atoms. The highest BCUT2D eigenvalue weighted by molar-refractivity contribution is 5.75. The van der Waals surface area contributed by atoms with Crippen LogP contribution in [-0.4, -0.2) is 23.2 Å². The maximum absolute atomic E-state index is 11.4. The number of nitrogens with one attached hydrogen (secondary N) is 1. The Kier molecular flexibility index (Phi) is 8.26. The van der Waals surface area contributed by atoms with Crippen LogP contribution in [0.2, 0.25) is 0 Å². The van der Waals surface area contributed by atoms with E-state index in [1.165, 1.54) is 19.3 Å². The van der Waals surface area contributed by atoms with E-state index in [0.29, 0.717) is 19.4 Å². The molecule has 0 aliphatic rings. The fraction of sp³-hybridized carbons (Fsp3) is 0.923. The Labute approximate surface area is 99.6 Å². The fourth-order valence-electron chi connectivity index (χ4n) is 1.39. The lowest BCUT2D eigenvalue weighted by Crippen LogP contribution is -2.39. The molecule has 0 radical (unpaired) electrons. The first-order valence-electron chi connectivity index (χ1n) is 6.51. The molecule has 1 atom stereocenters. The lowest BCUT2D eigenvalue weighted by molar-refractivity contribution is -0.122. The van der Waals surface area contributed by atoms with Gasteiger partial charge in [0, 0.05) is 13.0 Å². The number of carbonyl (C=O) groups is 1. The van der Waals surface area contributed by atoms with Crippen LogP contribution in [0, 0.1) is 0 Å². The van der Waals surface area contributed by atoms with Crippen LogP contribution < -0.4 is 5.32 Å². The maximum Gasteiger partial charge on any atom is 0.220 e. The van der Waals surface area contributed by atoms with Gasteiger partial charge in [0.2, 0.25) is 5.91 Å². The van der Waals surface area contributed by atoms with Crippen molar-refractivity contribution in [3.05, 3.63) is 0 Å². The smallest absolute Gasteiger partial charge is 0.220 e. The van der Waals surface area contributed by atoms with Crippen LogP contribution in [0.25, 0.3) is 0 Å². The second kappa shape index (κ2) is 8.57. The summed E-state index contributed by atoms with van der Waals surface area (Å²) in [7, 11) is 0. The number of hydrogen-bond acceptors (Lipinski definition) is 2. The van der Waals surface area contributed by atoms with Crippen molar-refractivity contribution in [2.45, 2.75) is 71.3 Å². The van der Waals surface area contributed by atoms with Crippen LogP contribution in [0.1, 0.15) is 65.7 Å². The normalized spacial score (nSPS) is 14.5. The first-order valence-corrected chi connectivity index (χ1v) is 6.51. The Hall–Kier alpha value is -0.570. The van der Waals surface area contributed by atoms with E-state index < -0.39 is 5.60 Å². The number of amides is 1. The van der Waals surface area contributed by atoms with Crippen molar-refractivity contribution in [2.75, 3.05) is 6.54 Å². The highest BCUT2D eigenvalue weighted by Gasteiger charge is 2.17. The second-order valence-electron chi connectivity index (χ2n) is 4.79. The molecular formula is C13H27NO2. The van der Waals surface area contributed by atoms with Crippen molar-refractivity contribution in [3.63, 3.8) is 0 Å². The van der Waals surface area contributed by atoms with Gasteiger partial charge in [-0.25, -0.2) is 0 Å². The van der Waals surface area contributed by atoms with Gasteiger partial charge in [-0.2, -0.15) is 0 Å². The van der Waals surface area contributed by atoms with Crippen LogP contribution in [0.5, 0.6) is 0 Å². The summed E-state index contributed by atoms with van der Waals surface area (Å²) in [5, 5.41) is 12.5. The summed E-state index contributed by atoms with van der Waals surface area (Å²) in [5.74, 6) is 0.0604. The Balaban J connectivity index is 3.45. The Morgan fingerprint density at radius 1 is 1.19 bits per heavy atom. The largest absolute Gasteiger partial charge is 0.388 e. The van der Waals surface area contributed by atoms with Gasteiger partial charge in [-0.05, 0) is 19.8 Å². The highest BCUT2D eigenvalue weighted by atomic mass is 16.3. The molecule has 0 saturated heterocycles. The number of unbranched alkanes of at least 4 members (excludes halogenated alkanes) is 4. The van der Waals surface area contributed by atoms with Crippen molar-refractivity contribution in [1.82, 2.24) is 5.32 Å². The summed E-state index contributed by atoms with van der Waals surface area (Å²) in [6.07, 6.45) is 7.03. The van der Waals surface area contributed by atoms with Gasteiger partial charge >= 0.3 is 0 Å². The van der Waals surface area contributed by atoms with Crippen LogP contribution in [-0.2, 0) is 4.79 Å². The summed E-state index contributed by atoms with van der Waals surface area (Å²) in [4.78, 5) is 11.4. The molecule has 16 heavy (non-hydrogen) atoms. The Morgan fingerprint density at radius 3 is 2.38 bits per heavy atom. The topological polar surface area (TPSA) is 49.3 Å². The van der Waals surface area contributed by atoms with Crippen LogP contribution in [0.15, 0.2) is 0 Å². The molecule has 0 aliphatic carbocycles. The SMILES string of the molecule is CCCCCCCC(=O)NCC(C)(O)CC. The van der Waals surface area contributed by atoms with E-state index in [9.17, 15) is 9.90 Å². The molecule has 1 unspecified atom stereocenters. The molecule has 0 aliphatic heterocycles. The van der Waals surface area contributed by atoms with Crippen molar-refractivity contribution in [3.8, 4) is 0 Å². The minimum Gasteiger partial charge on any atom is -0.388 e. The van der Waals surface area contributed by atoms with Crippen molar-refractivity contribution in [1.29, 1.82) is 0 Å². The lowest BCUT2D eigenvalue weighted by Gasteiger charge is -2.21. The zero-order chi connectivity index (χ0) is 12.4. The van der Waals surface area contributed by atoms with E-state index >= 15 is 0 Å². The summed E-state index contributed by atoms with van der Waals surface area (Å²) in [6.45, 7) is 6.20. The van der Waals surface area contributed by atoms with Gasteiger partial charge in [0.1, 0.15) is 0 Å². The third kappa shape index (κ3) is 8.72. The average molecular weight is 229 g/mol. The van der Waals surface area contributed by atoms with E-state index in [0.717, 1.165) is 12.8 Å². The third-order valence-corrected chi connectivity index (χ3v) is 2.94. The molecule has 0 aromatic rings. The lowest BCUT2D eigenvalue weighted by atomic mass is 10.0. The monoisotopic (exact) mass is 229 g/mol. The number of aliphatic hydroxyl groups is 1. The van der Waals surface area contributed by atoms with Gasteiger partial charge in [0.05, 0.1) is 5.60 Å². The maximum atomic E-state index is 11.4. The van der Waals surface area contributed by atoms with Crippen LogP contribution in [0.3, 0.4) is 0 Å². The van der Waals surface area contributed by atoms with Gasteiger partial charge in [-0.15, -0.1) is 0 Å². The first-order chi connectivity index (χ1) is 7.52. The molecule has 96 valence electrons. The fourth-order valence-corrected chi connectivity index (χ4v) is 1.39. The van der Waals surface area contributed by atoms with E-state index in [1.807, 2.05) is 6.92 Å². The van der Waals surface area contributed by atoms with Gasteiger partial charge in [0.15, 0.2) is 0 Å². The quantitative estimate of drug-likeness (QED) is 0.597. The summed E-state index contributed by atoms with van der Waals surface area (Å²) >= 11 is 0. The molecule has 0 aromatic heterocycles. The number of hydrogen-bond donors (Lipinski definition) is 2. The average Bonchev–Trinajstić information content (AvgIpc) is 2.26. The Bertz CT molecular complexity index is 190. The molecule has 0 heterocycles.